The van der Waals surface area contributed by atoms with E-state index in [0.29, 0.717) is 11.1 Å². The summed E-state index contributed by atoms with van der Waals surface area (Å²) in [5.41, 5.74) is 0.999. The predicted molar refractivity (Wildman–Crippen MR) is 88.2 cm³/mol. The Morgan fingerprint density at radius 2 is 1.48 bits per heavy atom. The van der Waals surface area contributed by atoms with Gasteiger partial charge in [-0.1, -0.05) is 66.7 Å². The first-order valence-corrected chi connectivity index (χ1v) is 7.23. The molecular weight excluding hydrogens is 290 g/mol. The number of fused-ring (bicyclic) bond motifs is 1. The summed E-state index contributed by atoms with van der Waals surface area (Å²) >= 11 is 0. The minimum Gasteiger partial charge on any atom is -0.479 e. The van der Waals surface area contributed by atoms with Crippen LogP contribution >= 0.6 is 0 Å². The van der Waals surface area contributed by atoms with Crippen molar-refractivity contribution in [2.75, 3.05) is 0 Å². The van der Waals surface area contributed by atoms with Gasteiger partial charge in [-0.15, -0.1) is 0 Å². The molecule has 0 aliphatic carbocycles. The number of carbonyl (C=O) groups is 2. The summed E-state index contributed by atoms with van der Waals surface area (Å²) in [6.45, 7) is 0. The maximum atomic E-state index is 12.6. The van der Waals surface area contributed by atoms with Crippen molar-refractivity contribution in [3.63, 3.8) is 0 Å². The van der Waals surface area contributed by atoms with E-state index in [9.17, 15) is 14.7 Å². The van der Waals surface area contributed by atoms with Gasteiger partial charge in [0.2, 0.25) is 0 Å². The lowest BCUT2D eigenvalue weighted by molar-refractivity contribution is -0.139. The van der Waals surface area contributed by atoms with Gasteiger partial charge in [-0.05, 0) is 22.4 Å². The van der Waals surface area contributed by atoms with Crippen molar-refractivity contribution < 1.29 is 14.7 Å². The molecule has 114 valence electrons. The quantitative estimate of drug-likeness (QED) is 0.776. The average Bonchev–Trinajstić information content (AvgIpc) is 2.59. The van der Waals surface area contributed by atoms with Crippen molar-refractivity contribution in [1.82, 2.24) is 5.32 Å². The Morgan fingerprint density at radius 1 is 0.826 bits per heavy atom. The van der Waals surface area contributed by atoms with Crippen LogP contribution in [0.2, 0.25) is 0 Å². The highest BCUT2D eigenvalue weighted by Crippen LogP contribution is 2.20. The third kappa shape index (κ3) is 3.06. The molecular formula is C19H15NO3. The number of carbonyl (C=O) groups excluding carboxylic acids is 1. The summed E-state index contributed by atoms with van der Waals surface area (Å²) in [6.07, 6.45) is 0. The smallest absolute Gasteiger partial charge is 0.330 e. The molecule has 1 atom stereocenters. The summed E-state index contributed by atoms with van der Waals surface area (Å²) in [5.74, 6) is -1.50. The van der Waals surface area contributed by atoms with Crippen LogP contribution in [0.15, 0.2) is 72.8 Å². The molecule has 2 N–H and O–H groups in total. The third-order valence-corrected chi connectivity index (χ3v) is 3.69. The van der Waals surface area contributed by atoms with E-state index in [2.05, 4.69) is 5.32 Å². The van der Waals surface area contributed by atoms with Gasteiger partial charge >= 0.3 is 5.97 Å². The maximum Gasteiger partial charge on any atom is 0.330 e. The second kappa shape index (κ2) is 6.32. The Labute approximate surface area is 133 Å². The first-order valence-electron chi connectivity index (χ1n) is 7.23. The molecule has 0 aliphatic heterocycles. The predicted octanol–water partition coefficient (Wildman–Crippen LogP) is 3.40. The van der Waals surface area contributed by atoms with Crippen LogP contribution in [0.5, 0.6) is 0 Å². The lowest BCUT2D eigenvalue weighted by Gasteiger charge is -2.15. The Hall–Kier alpha value is -3.14. The fourth-order valence-electron chi connectivity index (χ4n) is 2.57. The van der Waals surface area contributed by atoms with Crippen molar-refractivity contribution in [3.05, 3.63) is 83.9 Å². The molecule has 0 saturated heterocycles. The lowest BCUT2D eigenvalue weighted by Crippen LogP contribution is -2.33. The van der Waals surface area contributed by atoms with E-state index in [1.807, 2.05) is 30.3 Å². The molecule has 0 aromatic heterocycles. The number of amides is 1. The van der Waals surface area contributed by atoms with Crippen LogP contribution in [0.25, 0.3) is 10.8 Å². The van der Waals surface area contributed by atoms with Crippen molar-refractivity contribution in [2.45, 2.75) is 6.04 Å². The van der Waals surface area contributed by atoms with Crippen LogP contribution in [0.3, 0.4) is 0 Å². The normalized spacial score (nSPS) is 11.8. The van der Waals surface area contributed by atoms with E-state index >= 15 is 0 Å². The topological polar surface area (TPSA) is 66.4 Å². The lowest BCUT2D eigenvalue weighted by atomic mass is 10.0. The van der Waals surface area contributed by atoms with E-state index in [1.54, 1.807) is 42.5 Å². The van der Waals surface area contributed by atoms with Gasteiger partial charge in [0.15, 0.2) is 6.04 Å². The van der Waals surface area contributed by atoms with Gasteiger partial charge in [-0.2, -0.15) is 0 Å². The van der Waals surface area contributed by atoms with Crippen molar-refractivity contribution in [3.8, 4) is 0 Å². The van der Waals surface area contributed by atoms with Gasteiger partial charge in [0, 0.05) is 5.56 Å². The van der Waals surface area contributed by atoms with E-state index in [1.165, 1.54) is 0 Å². The molecule has 4 heteroatoms. The molecule has 4 nitrogen and oxygen atoms in total. The number of nitrogens with one attached hydrogen (secondary N) is 1. The number of rotatable bonds is 4. The maximum absolute atomic E-state index is 12.6. The summed E-state index contributed by atoms with van der Waals surface area (Å²) in [6, 6.07) is 20.5. The largest absolute Gasteiger partial charge is 0.479 e. The molecule has 3 aromatic rings. The number of hydrogen-bond donors (Lipinski definition) is 2. The number of carboxylic acids is 1. The first kappa shape index (κ1) is 14.8. The van der Waals surface area contributed by atoms with Gasteiger partial charge in [0.25, 0.3) is 5.91 Å². The Bertz CT molecular complexity index is 853. The molecule has 1 amide bonds. The zero-order chi connectivity index (χ0) is 16.2. The van der Waals surface area contributed by atoms with Gasteiger partial charge in [0.1, 0.15) is 0 Å². The molecule has 0 spiro atoms. The van der Waals surface area contributed by atoms with E-state index in [-0.39, 0.29) is 0 Å². The highest BCUT2D eigenvalue weighted by Gasteiger charge is 2.23. The Morgan fingerprint density at radius 3 is 2.22 bits per heavy atom. The molecule has 0 saturated carbocycles. The van der Waals surface area contributed by atoms with E-state index < -0.39 is 17.9 Å². The number of benzene rings is 3. The molecule has 0 fully saturated rings. The zero-order valence-corrected chi connectivity index (χ0v) is 12.3. The van der Waals surface area contributed by atoms with Gasteiger partial charge in [0.05, 0.1) is 0 Å². The second-order valence-electron chi connectivity index (χ2n) is 5.18. The monoisotopic (exact) mass is 305 g/mol. The number of hydrogen-bond acceptors (Lipinski definition) is 2. The minimum atomic E-state index is -1.09. The van der Waals surface area contributed by atoms with Gasteiger partial charge < -0.3 is 10.4 Å². The van der Waals surface area contributed by atoms with E-state index in [0.717, 1.165) is 10.8 Å². The molecule has 0 heterocycles. The first-order chi connectivity index (χ1) is 11.2. The fourth-order valence-corrected chi connectivity index (χ4v) is 2.57. The highest BCUT2D eigenvalue weighted by atomic mass is 16.4. The van der Waals surface area contributed by atoms with E-state index in [4.69, 9.17) is 0 Å². The van der Waals surface area contributed by atoms with Crippen molar-refractivity contribution >= 4 is 22.6 Å². The van der Waals surface area contributed by atoms with Crippen molar-refractivity contribution in [2.24, 2.45) is 0 Å². The summed E-state index contributed by atoms with van der Waals surface area (Å²) in [5, 5.41) is 13.8. The van der Waals surface area contributed by atoms with Crippen LogP contribution in [0.4, 0.5) is 0 Å². The van der Waals surface area contributed by atoms with Crippen LogP contribution < -0.4 is 5.32 Å². The average molecular weight is 305 g/mol. The second-order valence-corrected chi connectivity index (χ2v) is 5.18. The van der Waals surface area contributed by atoms with Gasteiger partial charge in [-0.3, -0.25) is 4.79 Å². The fraction of sp³-hybridized carbons (Fsp3) is 0.0526. The molecule has 0 unspecified atom stereocenters. The molecule has 3 aromatic carbocycles. The molecule has 3 rings (SSSR count). The molecule has 0 bridgehead atoms. The van der Waals surface area contributed by atoms with Crippen LogP contribution in [-0.4, -0.2) is 17.0 Å². The summed E-state index contributed by atoms with van der Waals surface area (Å²) in [7, 11) is 0. The third-order valence-electron chi connectivity index (χ3n) is 3.69. The van der Waals surface area contributed by atoms with Crippen LogP contribution in [0, 0.1) is 0 Å². The van der Waals surface area contributed by atoms with Crippen LogP contribution in [-0.2, 0) is 4.79 Å². The Balaban J connectivity index is 1.94. The molecule has 0 aliphatic rings. The number of carboxylic acid groups (broad SMARTS) is 1. The van der Waals surface area contributed by atoms with Gasteiger partial charge in [-0.25, -0.2) is 4.79 Å². The standard InChI is InChI=1S/C19H15NO3/c21-18(16-12-6-10-13-7-4-5-11-15(13)16)20-17(19(22)23)14-8-2-1-3-9-14/h1-12,17H,(H,20,21)(H,22,23)/t17-/m0/s1. The van der Waals surface area contributed by atoms with Crippen LogP contribution in [0.1, 0.15) is 22.0 Å². The number of aliphatic carboxylic acids is 1. The summed E-state index contributed by atoms with van der Waals surface area (Å²) in [4.78, 5) is 24.1. The zero-order valence-electron chi connectivity index (χ0n) is 12.3. The highest BCUT2D eigenvalue weighted by molar-refractivity contribution is 6.07. The SMILES string of the molecule is O=C(N[C@H](C(=O)O)c1ccccc1)c1cccc2ccccc12. The minimum absolute atomic E-state index is 0.405. The molecule has 23 heavy (non-hydrogen) atoms. The van der Waals surface area contributed by atoms with Crippen molar-refractivity contribution in [1.29, 1.82) is 0 Å². The Kier molecular flexibility index (Phi) is 4.06. The molecule has 0 radical (unpaired) electrons. The summed E-state index contributed by atoms with van der Waals surface area (Å²) < 4.78 is 0.